The van der Waals surface area contributed by atoms with Crippen LogP contribution in [0.2, 0.25) is 5.02 Å². The van der Waals surface area contributed by atoms with Gasteiger partial charge in [-0.25, -0.2) is 0 Å². The van der Waals surface area contributed by atoms with Crippen LogP contribution in [0, 0.1) is 0 Å². The molecule has 0 spiro atoms. The molecule has 1 aromatic carbocycles. The zero-order chi connectivity index (χ0) is 10.3. The van der Waals surface area contributed by atoms with Crippen molar-refractivity contribution >= 4 is 17.4 Å². The van der Waals surface area contributed by atoms with Crippen molar-refractivity contribution in [3.05, 3.63) is 28.8 Å². The van der Waals surface area contributed by atoms with E-state index in [1.54, 1.807) is 18.2 Å². The number of benzene rings is 1. The Labute approximate surface area is 87.8 Å². The fourth-order valence-electron chi connectivity index (χ4n) is 1.62. The second-order valence-corrected chi connectivity index (χ2v) is 4.54. The molecule has 0 saturated heterocycles. The van der Waals surface area contributed by atoms with Gasteiger partial charge in [-0.05, 0) is 32.0 Å². The number of halogens is 1. The predicted molar refractivity (Wildman–Crippen MR) is 55.1 cm³/mol. The number of rotatable bonds is 0. The van der Waals surface area contributed by atoms with Gasteiger partial charge in [0, 0.05) is 5.02 Å². The van der Waals surface area contributed by atoms with Crippen LogP contribution >= 0.6 is 11.6 Å². The van der Waals surface area contributed by atoms with Gasteiger partial charge in [0.2, 0.25) is 0 Å². The number of fused-ring (bicyclic) bond motifs is 1. The molecule has 1 aliphatic heterocycles. The summed E-state index contributed by atoms with van der Waals surface area (Å²) in [5, 5.41) is 0.570. The van der Waals surface area contributed by atoms with E-state index in [1.165, 1.54) is 0 Å². The highest BCUT2D eigenvalue weighted by molar-refractivity contribution is 6.31. The number of Topliss-reactive ketones (excluding diaryl/α,β-unsaturated/α-hetero) is 1. The van der Waals surface area contributed by atoms with Gasteiger partial charge in [0.05, 0.1) is 12.0 Å². The van der Waals surface area contributed by atoms with Crippen LogP contribution in [0.25, 0.3) is 0 Å². The second-order valence-electron chi connectivity index (χ2n) is 4.10. The lowest BCUT2D eigenvalue weighted by Gasteiger charge is -2.31. The van der Waals surface area contributed by atoms with Crippen molar-refractivity contribution < 1.29 is 9.53 Å². The third kappa shape index (κ3) is 1.62. The van der Waals surface area contributed by atoms with Crippen molar-refractivity contribution in [2.45, 2.75) is 25.9 Å². The van der Waals surface area contributed by atoms with Gasteiger partial charge < -0.3 is 4.74 Å². The molecule has 0 N–H and O–H groups in total. The molecule has 0 aliphatic carbocycles. The Morgan fingerprint density at radius 1 is 1.43 bits per heavy atom. The molecule has 1 aromatic rings. The predicted octanol–water partition coefficient (Wildman–Crippen LogP) is 3.08. The summed E-state index contributed by atoms with van der Waals surface area (Å²) in [6.07, 6.45) is 0.403. The zero-order valence-electron chi connectivity index (χ0n) is 8.13. The maximum Gasteiger partial charge on any atom is 0.170 e. The molecule has 0 saturated carbocycles. The molecule has 0 fully saturated rings. The van der Waals surface area contributed by atoms with Crippen LogP contribution in [-0.4, -0.2) is 11.4 Å². The first-order valence-corrected chi connectivity index (χ1v) is 4.87. The first-order chi connectivity index (χ1) is 6.48. The van der Waals surface area contributed by atoms with Crippen LogP contribution in [-0.2, 0) is 0 Å². The Morgan fingerprint density at radius 3 is 2.86 bits per heavy atom. The van der Waals surface area contributed by atoms with Crippen molar-refractivity contribution in [3.63, 3.8) is 0 Å². The summed E-state index contributed by atoms with van der Waals surface area (Å²) in [5.41, 5.74) is 0.189. The van der Waals surface area contributed by atoms with E-state index in [1.807, 2.05) is 13.8 Å². The van der Waals surface area contributed by atoms with E-state index in [2.05, 4.69) is 0 Å². The van der Waals surface area contributed by atoms with E-state index in [0.717, 1.165) is 0 Å². The van der Waals surface area contributed by atoms with Gasteiger partial charge in [-0.3, -0.25) is 4.79 Å². The van der Waals surface area contributed by atoms with Gasteiger partial charge in [-0.1, -0.05) is 11.6 Å². The van der Waals surface area contributed by atoms with Crippen LogP contribution in [0.3, 0.4) is 0 Å². The van der Waals surface area contributed by atoms with Crippen molar-refractivity contribution in [3.8, 4) is 5.75 Å². The highest BCUT2D eigenvalue weighted by atomic mass is 35.5. The number of ketones is 1. The fraction of sp³-hybridized carbons (Fsp3) is 0.364. The summed E-state index contributed by atoms with van der Waals surface area (Å²) in [6.45, 7) is 3.81. The molecule has 74 valence electrons. The number of carbonyl (C=O) groups excluding carboxylic acids is 1. The summed E-state index contributed by atoms with van der Waals surface area (Å²) in [7, 11) is 0. The molecule has 0 amide bonds. The van der Waals surface area contributed by atoms with Crippen LogP contribution in [0.15, 0.2) is 18.2 Å². The molecule has 1 aliphatic rings. The molecular weight excluding hydrogens is 200 g/mol. The monoisotopic (exact) mass is 210 g/mol. The zero-order valence-corrected chi connectivity index (χ0v) is 8.89. The first-order valence-electron chi connectivity index (χ1n) is 4.50. The molecule has 2 rings (SSSR count). The maximum atomic E-state index is 11.7. The Hall–Kier alpha value is -1.02. The fourth-order valence-corrected chi connectivity index (χ4v) is 1.80. The molecule has 0 radical (unpaired) electrons. The number of carbonyl (C=O) groups is 1. The molecule has 0 unspecified atom stereocenters. The van der Waals surface area contributed by atoms with Crippen molar-refractivity contribution in [1.82, 2.24) is 0 Å². The highest BCUT2D eigenvalue weighted by Gasteiger charge is 2.32. The van der Waals surface area contributed by atoms with Crippen LogP contribution < -0.4 is 4.74 Å². The largest absolute Gasteiger partial charge is 0.487 e. The van der Waals surface area contributed by atoms with Crippen molar-refractivity contribution in [2.75, 3.05) is 0 Å². The lowest BCUT2D eigenvalue weighted by molar-refractivity contribution is 0.0620. The molecule has 1 heterocycles. The van der Waals surface area contributed by atoms with Gasteiger partial charge in [-0.15, -0.1) is 0 Å². The van der Waals surface area contributed by atoms with Crippen LogP contribution in [0.4, 0.5) is 0 Å². The average Bonchev–Trinajstić information content (AvgIpc) is 2.05. The molecule has 0 aromatic heterocycles. The molecule has 3 heteroatoms. The smallest absolute Gasteiger partial charge is 0.170 e. The van der Waals surface area contributed by atoms with Crippen molar-refractivity contribution in [2.24, 2.45) is 0 Å². The SMILES string of the molecule is CC1(C)CC(=O)c2cc(Cl)ccc2O1. The summed E-state index contributed by atoms with van der Waals surface area (Å²) in [5.74, 6) is 0.731. The second kappa shape index (κ2) is 2.99. The minimum Gasteiger partial charge on any atom is -0.487 e. The Balaban J connectivity index is 2.50. The third-order valence-corrected chi connectivity index (χ3v) is 2.45. The van der Waals surface area contributed by atoms with Crippen LogP contribution in [0.1, 0.15) is 30.6 Å². The van der Waals surface area contributed by atoms with Crippen molar-refractivity contribution in [1.29, 1.82) is 0 Å². The maximum absolute atomic E-state index is 11.7. The Bertz CT molecular complexity index is 396. The van der Waals surface area contributed by atoms with Gasteiger partial charge in [-0.2, -0.15) is 0 Å². The lowest BCUT2D eigenvalue weighted by Crippen LogP contribution is -2.35. The summed E-state index contributed by atoms with van der Waals surface area (Å²) in [4.78, 5) is 11.7. The van der Waals surface area contributed by atoms with Crippen LogP contribution in [0.5, 0.6) is 5.75 Å². The number of hydrogen-bond acceptors (Lipinski definition) is 2. The normalized spacial score (nSPS) is 18.6. The first kappa shape index (κ1) is 9.53. The molecule has 0 atom stereocenters. The van der Waals surface area contributed by atoms with E-state index in [4.69, 9.17) is 16.3 Å². The molecular formula is C11H11ClO2. The molecule has 2 nitrogen and oxygen atoms in total. The number of hydrogen-bond donors (Lipinski definition) is 0. The van der Waals surface area contributed by atoms with E-state index < -0.39 is 5.60 Å². The van der Waals surface area contributed by atoms with Gasteiger partial charge >= 0.3 is 0 Å². The minimum absolute atomic E-state index is 0.0961. The van der Waals surface area contributed by atoms with Gasteiger partial charge in [0.1, 0.15) is 11.4 Å². The minimum atomic E-state index is -0.405. The quantitative estimate of drug-likeness (QED) is 0.658. The molecule has 0 bridgehead atoms. The standard InChI is InChI=1S/C11H11ClO2/c1-11(2)6-9(13)8-5-7(12)3-4-10(8)14-11/h3-5H,6H2,1-2H3. The Kier molecular flexibility index (Phi) is 2.04. The van der Waals surface area contributed by atoms with E-state index in [0.29, 0.717) is 22.8 Å². The van der Waals surface area contributed by atoms with Gasteiger partial charge in [0.15, 0.2) is 5.78 Å². The lowest BCUT2D eigenvalue weighted by atomic mass is 9.93. The summed E-state index contributed by atoms with van der Waals surface area (Å²) in [6, 6.07) is 5.14. The van der Waals surface area contributed by atoms with E-state index in [-0.39, 0.29) is 5.78 Å². The highest BCUT2D eigenvalue weighted by Crippen LogP contribution is 2.34. The summed E-state index contributed by atoms with van der Waals surface area (Å²) < 4.78 is 5.67. The average molecular weight is 211 g/mol. The summed E-state index contributed by atoms with van der Waals surface area (Å²) >= 11 is 5.81. The number of ether oxygens (including phenoxy) is 1. The van der Waals surface area contributed by atoms with E-state index >= 15 is 0 Å². The third-order valence-electron chi connectivity index (χ3n) is 2.21. The molecule has 14 heavy (non-hydrogen) atoms. The topological polar surface area (TPSA) is 26.3 Å². The van der Waals surface area contributed by atoms with E-state index in [9.17, 15) is 4.79 Å². The Morgan fingerprint density at radius 2 is 2.14 bits per heavy atom. The van der Waals surface area contributed by atoms with Gasteiger partial charge in [0.25, 0.3) is 0 Å².